The second-order valence-electron chi connectivity index (χ2n) is 4.80. The number of carbonyl (C=O) groups is 1. The molecule has 0 saturated heterocycles. The number of ether oxygens (including phenoxy) is 2. The van der Waals surface area contributed by atoms with Crippen LogP contribution in [0.15, 0.2) is 42.5 Å². The van der Waals surface area contributed by atoms with Crippen molar-refractivity contribution in [2.75, 3.05) is 19.0 Å². The summed E-state index contributed by atoms with van der Waals surface area (Å²) < 4.78 is 36.7. The molecule has 0 radical (unpaired) electrons. The SMILES string of the molecule is COc1cc(/C=C/C(=O)Nc2ccc(F)cc2F)ccc1OCC#N. The third-order valence-electron chi connectivity index (χ3n) is 3.10. The monoisotopic (exact) mass is 344 g/mol. The number of anilines is 1. The van der Waals surface area contributed by atoms with Crippen molar-refractivity contribution in [3.63, 3.8) is 0 Å². The van der Waals surface area contributed by atoms with E-state index < -0.39 is 17.5 Å². The van der Waals surface area contributed by atoms with Gasteiger partial charge in [-0.25, -0.2) is 8.78 Å². The Labute approximate surface area is 143 Å². The molecule has 2 rings (SSSR count). The number of hydrogen-bond donors (Lipinski definition) is 1. The normalized spacial score (nSPS) is 10.3. The molecule has 0 spiro atoms. The molecule has 128 valence electrons. The van der Waals surface area contributed by atoms with E-state index in [1.54, 1.807) is 18.2 Å². The van der Waals surface area contributed by atoms with E-state index in [1.165, 1.54) is 19.3 Å². The average Bonchev–Trinajstić information content (AvgIpc) is 2.60. The second-order valence-corrected chi connectivity index (χ2v) is 4.80. The Morgan fingerprint density at radius 2 is 2.04 bits per heavy atom. The number of halogens is 2. The molecular weight excluding hydrogens is 330 g/mol. The Morgan fingerprint density at radius 1 is 1.24 bits per heavy atom. The van der Waals surface area contributed by atoms with Crippen LogP contribution < -0.4 is 14.8 Å². The van der Waals surface area contributed by atoms with Crippen LogP contribution in [0.4, 0.5) is 14.5 Å². The van der Waals surface area contributed by atoms with Crippen molar-refractivity contribution in [2.24, 2.45) is 0 Å². The zero-order chi connectivity index (χ0) is 18.2. The molecule has 1 amide bonds. The molecule has 0 fully saturated rings. The molecule has 0 atom stereocenters. The molecule has 5 nitrogen and oxygen atoms in total. The minimum Gasteiger partial charge on any atom is -0.493 e. The van der Waals surface area contributed by atoms with Gasteiger partial charge < -0.3 is 14.8 Å². The van der Waals surface area contributed by atoms with Crippen LogP contribution in [0.2, 0.25) is 0 Å². The second kappa shape index (κ2) is 8.45. The number of nitriles is 1. The van der Waals surface area contributed by atoms with Gasteiger partial charge in [-0.1, -0.05) is 6.07 Å². The lowest BCUT2D eigenvalue weighted by Gasteiger charge is -2.08. The summed E-state index contributed by atoms with van der Waals surface area (Å²) in [7, 11) is 1.45. The highest BCUT2D eigenvalue weighted by molar-refractivity contribution is 6.02. The van der Waals surface area contributed by atoms with Crippen LogP contribution in [-0.4, -0.2) is 19.6 Å². The fraction of sp³-hybridized carbons (Fsp3) is 0.111. The van der Waals surface area contributed by atoms with Crippen LogP contribution in [0, 0.1) is 23.0 Å². The average molecular weight is 344 g/mol. The third-order valence-corrected chi connectivity index (χ3v) is 3.10. The largest absolute Gasteiger partial charge is 0.493 e. The maximum atomic E-state index is 13.5. The first-order valence-corrected chi connectivity index (χ1v) is 7.15. The van der Waals surface area contributed by atoms with Crippen LogP contribution >= 0.6 is 0 Å². The van der Waals surface area contributed by atoms with Gasteiger partial charge in [0.05, 0.1) is 12.8 Å². The summed E-state index contributed by atoms with van der Waals surface area (Å²) in [6, 6.07) is 9.62. The Morgan fingerprint density at radius 3 is 2.72 bits per heavy atom. The van der Waals surface area contributed by atoms with Gasteiger partial charge in [0.1, 0.15) is 17.7 Å². The van der Waals surface area contributed by atoms with Gasteiger partial charge >= 0.3 is 0 Å². The topological polar surface area (TPSA) is 71.3 Å². The summed E-state index contributed by atoms with van der Waals surface area (Å²) in [5.74, 6) is -1.35. The van der Waals surface area contributed by atoms with Crippen LogP contribution in [0.5, 0.6) is 11.5 Å². The highest BCUT2D eigenvalue weighted by atomic mass is 19.1. The molecule has 0 heterocycles. The van der Waals surface area contributed by atoms with Crippen molar-refractivity contribution in [1.82, 2.24) is 0 Å². The van der Waals surface area contributed by atoms with Crippen molar-refractivity contribution < 1.29 is 23.0 Å². The number of nitrogens with one attached hydrogen (secondary N) is 1. The quantitative estimate of drug-likeness (QED) is 0.814. The Balaban J connectivity index is 2.07. The molecule has 0 aliphatic carbocycles. The molecule has 0 aromatic heterocycles. The van der Waals surface area contributed by atoms with Crippen molar-refractivity contribution in [3.05, 3.63) is 59.7 Å². The van der Waals surface area contributed by atoms with Gasteiger partial charge in [0.2, 0.25) is 5.91 Å². The van der Waals surface area contributed by atoms with E-state index in [1.807, 2.05) is 6.07 Å². The number of benzene rings is 2. The fourth-order valence-corrected chi connectivity index (χ4v) is 1.95. The Hall–Kier alpha value is -3.40. The lowest BCUT2D eigenvalue weighted by atomic mass is 10.2. The zero-order valence-electron chi connectivity index (χ0n) is 13.3. The van der Waals surface area contributed by atoms with Crippen LogP contribution in [0.25, 0.3) is 6.08 Å². The van der Waals surface area contributed by atoms with E-state index in [9.17, 15) is 13.6 Å². The van der Waals surface area contributed by atoms with Gasteiger partial charge in [-0.05, 0) is 35.9 Å². The number of carbonyl (C=O) groups excluding carboxylic acids is 1. The van der Waals surface area contributed by atoms with Gasteiger partial charge in [0.15, 0.2) is 18.1 Å². The summed E-state index contributed by atoms with van der Waals surface area (Å²) in [4.78, 5) is 11.8. The summed E-state index contributed by atoms with van der Waals surface area (Å²) in [6.07, 6.45) is 2.70. The molecule has 2 aromatic rings. The molecule has 2 aromatic carbocycles. The van der Waals surface area contributed by atoms with Crippen molar-refractivity contribution >= 4 is 17.7 Å². The fourth-order valence-electron chi connectivity index (χ4n) is 1.95. The first-order valence-electron chi connectivity index (χ1n) is 7.15. The van der Waals surface area contributed by atoms with E-state index in [2.05, 4.69) is 5.32 Å². The molecule has 0 aliphatic heterocycles. The van der Waals surface area contributed by atoms with Crippen molar-refractivity contribution in [2.45, 2.75) is 0 Å². The Bertz CT molecular complexity index is 845. The molecule has 0 bridgehead atoms. The maximum Gasteiger partial charge on any atom is 0.248 e. The van der Waals surface area contributed by atoms with E-state index in [0.717, 1.165) is 12.1 Å². The molecule has 0 saturated carbocycles. The standard InChI is InChI=1S/C18H14F2N2O3/c1-24-17-10-12(2-6-16(17)25-9-8-21)3-7-18(23)22-15-5-4-13(19)11-14(15)20/h2-7,10-11H,9H2,1H3,(H,22,23)/b7-3+. The smallest absolute Gasteiger partial charge is 0.248 e. The predicted octanol–water partition coefficient (Wildman–Crippen LogP) is 3.53. The molecule has 1 N–H and O–H groups in total. The van der Waals surface area contributed by atoms with E-state index >= 15 is 0 Å². The number of hydrogen-bond acceptors (Lipinski definition) is 4. The van der Waals surface area contributed by atoms with E-state index in [0.29, 0.717) is 23.1 Å². The molecule has 7 heteroatoms. The maximum absolute atomic E-state index is 13.5. The van der Waals surface area contributed by atoms with E-state index in [4.69, 9.17) is 14.7 Å². The molecular formula is C18H14F2N2O3. The number of methoxy groups -OCH3 is 1. The molecule has 0 aliphatic rings. The molecule has 25 heavy (non-hydrogen) atoms. The lowest BCUT2D eigenvalue weighted by Crippen LogP contribution is -2.09. The first-order chi connectivity index (χ1) is 12.0. The predicted molar refractivity (Wildman–Crippen MR) is 88.1 cm³/mol. The number of nitrogens with zero attached hydrogens (tertiary/aromatic N) is 1. The highest BCUT2D eigenvalue weighted by Gasteiger charge is 2.07. The van der Waals surface area contributed by atoms with Gasteiger partial charge in [-0.3, -0.25) is 4.79 Å². The first kappa shape index (κ1) is 17.9. The Kier molecular flexibility index (Phi) is 6.07. The minimum absolute atomic E-state index is 0.114. The minimum atomic E-state index is -0.859. The summed E-state index contributed by atoms with van der Waals surface area (Å²) in [5.41, 5.74) is 0.518. The number of amides is 1. The summed E-state index contributed by atoms with van der Waals surface area (Å²) in [5, 5.41) is 10.8. The number of rotatable bonds is 6. The zero-order valence-corrected chi connectivity index (χ0v) is 13.3. The van der Waals surface area contributed by atoms with Crippen molar-refractivity contribution in [3.8, 4) is 17.6 Å². The van der Waals surface area contributed by atoms with Crippen LogP contribution in [-0.2, 0) is 4.79 Å². The summed E-state index contributed by atoms with van der Waals surface area (Å²) >= 11 is 0. The third kappa shape index (κ3) is 5.04. The van der Waals surface area contributed by atoms with Gasteiger partial charge in [0, 0.05) is 12.1 Å². The summed E-state index contributed by atoms with van der Waals surface area (Å²) in [6.45, 7) is -0.114. The van der Waals surface area contributed by atoms with Crippen molar-refractivity contribution in [1.29, 1.82) is 5.26 Å². The lowest BCUT2D eigenvalue weighted by molar-refractivity contribution is -0.111. The van der Waals surface area contributed by atoms with Crippen LogP contribution in [0.1, 0.15) is 5.56 Å². The van der Waals surface area contributed by atoms with Crippen LogP contribution in [0.3, 0.4) is 0 Å². The van der Waals surface area contributed by atoms with Gasteiger partial charge in [-0.2, -0.15) is 5.26 Å². The molecule has 0 unspecified atom stereocenters. The van der Waals surface area contributed by atoms with E-state index in [-0.39, 0.29) is 12.3 Å². The van der Waals surface area contributed by atoms with Gasteiger partial charge in [-0.15, -0.1) is 0 Å². The van der Waals surface area contributed by atoms with Gasteiger partial charge in [0.25, 0.3) is 0 Å². The highest BCUT2D eigenvalue weighted by Crippen LogP contribution is 2.28.